The summed E-state index contributed by atoms with van der Waals surface area (Å²) in [5, 5.41) is 2.35. The monoisotopic (exact) mass is 411 g/mol. The molecule has 152 valence electrons. The molecule has 0 unspecified atom stereocenters. The van der Waals surface area contributed by atoms with Gasteiger partial charge in [-0.1, -0.05) is 54.6 Å². The van der Waals surface area contributed by atoms with Gasteiger partial charge in [0, 0.05) is 29.0 Å². The van der Waals surface area contributed by atoms with E-state index in [4.69, 9.17) is 4.98 Å². The molecule has 3 heteroatoms. The van der Waals surface area contributed by atoms with Gasteiger partial charge in [-0.05, 0) is 71.5 Å². The molecule has 0 aliphatic heterocycles. The molecule has 0 atom stereocenters. The lowest BCUT2D eigenvalue weighted by molar-refractivity contribution is 1.10. The number of imidazole rings is 1. The minimum Gasteiger partial charge on any atom is -0.292 e. The Balaban J connectivity index is 1.62. The number of nitrogens with zero attached hydrogens (tertiary/aromatic N) is 3. The SMILES string of the molecule is Cc1cc(-c2cccc3cnccc23)cc(-c2nc3ccccc3n2-c2ccccc2)c1. The van der Waals surface area contributed by atoms with Gasteiger partial charge in [0.1, 0.15) is 5.82 Å². The molecule has 0 aliphatic rings. The molecule has 3 nitrogen and oxygen atoms in total. The van der Waals surface area contributed by atoms with E-state index in [1.807, 2.05) is 24.5 Å². The molecule has 0 fully saturated rings. The maximum Gasteiger partial charge on any atom is 0.145 e. The van der Waals surface area contributed by atoms with E-state index in [0.717, 1.165) is 33.5 Å². The predicted molar refractivity (Wildman–Crippen MR) is 132 cm³/mol. The fourth-order valence-corrected chi connectivity index (χ4v) is 4.50. The summed E-state index contributed by atoms with van der Waals surface area (Å²) >= 11 is 0. The number of benzene rings is 4. The third-order valence-corrected chi connectivity index (χ3v) is 5.90. The van der Waals surface area contributed by atoms with Gasteiger partial charge in [-0.3, -0.25) is 9.55 Å². The van der Waals surface area contributed by atoms with E-state index < -0.39 is 0 Å². The molecule has 0 bridgehead atoms. The Bertz CT molecular complexity index is 1570. The molecule has 2 aromatic heterocycles. The van der Waals surface area contributed by atoms with E-state index in [9.17, 15) is 0 Å². The molecule has 0 N–H and O–H groups in total. The Kier molecular flexibility index (Phi) is 4.32. The molecule has 6 aromatic rings. The van der Waals surface area contributed by atoms with Crippen molar-refractivity contribution in [2.45, 2.75) is 6.92 Å². The zero-order chi connectivity index (χ0) is 21.5. The third kappa shape index (κ3) is 3.07. The van der Waals surface area contributed by atoms with Crippen molar-refractivity contribution in [1.82, 2.24) is 14.5 Å². The second kappa shape index (κ2) is 7.47. The molecule has 0 saturated carbocycles. The first kappa shape index (κ1) is 18.5. The summed E-state index contributed by atoms with van der Waals surface area (Å²) in [6.07, 6.45) is 3.78. The number of aryl methyl sites for hydroxylation is 1. The summed E-state index contributed by atoms with van der Waals surface area (Å²) in [5.41, 5.74) is 7.90. The maximum atomic E-state index is 5.05. The largest absolute Gasteiger partial charge is 0.292 e. The molecular formula is C29H21N3. The van der Waals surface area contributed by atoms with Crippen LogP contribution in [0.4, 0.5) is 0 Å². The van der Waals surface area contributed by atoms with Crippen molar-refractivity contribution < 1.29 is 0 Å². The van der Waals surface area contributed by atoms with Gasteiger partial charge in [0.25, 0.3) is 0 Å². The number of hydrogen-bond acceptors (Lipinski definition) is 2. The van der Waals surface area contributed by atoms with Crippen molar-refractivity contribution in [1.29, 1.82) is 0 Å². The second-order valence-corrected chi connectivity index (χ2v) is 8.09. The molecular weight excluding hydrogens is 390 g/mol. The average molecular weight is 412 g/mol. The molecule has 0 aliphatic carbocycles. The first-order chi connectivity index (χ1) is 15.8. The summed E-state index contributed by atoms with van der Waals surface area (Å²) < 4.78 is 2.25. The molecule has 2 heterocycles. The van der Waals surface area contributed by atoms with Crippen LogP contribution in [0.2, 0.25) is 0 Å². The lowest BCUT2D eigenvalue weighted by atomic mass is 9.96. The fourth-order valence-electron chi connectivity index (χ4n) is 4.50. The Morgan fingerprint density at radius 1 is 0.719 bits per heavy atom. The van der Waals surface area contributed by atoms with Crippen LogP contribution in [0.25, 0.3) is 50.0 Å². The van der Waals surface area contributed by atoms with Gasteiger partial charge in [0.15, 0.2) is 0 Å². The van der Waals surface area contributed by atoms with E-state index >= 15 is 0 Å². The van der Waals surface area contributed by atoms with Crippen LogP contribution in [0.1, 0.15) is 5.56 Å². The van der Waals surface area contributed by atoms with Crippen LogP contribution >= 0.6 is 0 Å². The average Bonchev–Trinajstić information content (AvgIpc) is 3.24. The van der Waals surface area contributed by atoms with Crippen LogP contribution in [0, 0.1) is 6.92 Å². The third-order valence-electron chi connectivity index (χ3n) is 5.90. The van der Waals surface area contributed by atoms with Crippen LogP contribution in [0.3, 0.4) is 0 Å². The molecule has 4 aromatic carbocycles. The topological polar surface area (TPSA) is 30.7 Å². The highest BCUT2D eigenvalue weighted by molar-refractivity contribution is 5.97. The van der Waals surface area contributed by atoms with Crippen LogP contribution in [-0.2, 0) is 0 Å². The van der Waals surface area contributed by atoms with Crippen molar-refractivity contribution in [2.24, 2.45) is 0 Å². The van der Waals surface area contributed by atoms with E-state index in [0.29, 0.717) is 0 Å². The summed E-state index contributed by atoms with van der Waals surface area (Å²) in [6.45, 7) is 2.15. The molecule has 6 rings (SSSR count). The summed E-state index contributed by atoms with van der Waals surface area (Å²) in [6, 6.07) is 34.0. The lowest BCUT2D eigenvalue weighted by Crippen LogP contribution is -1.98. The lowest BCUT2D eigenvalue weighted by Gasteiger charge is -2.13. The van der Waals surface area contributed by atoms with Gasteiger partial charge in [0.2, 0.25) is 0 Å². The minimum absolute atomic E-state index is 0.948. The molecule has 32 heavy (non-hydrogen) atoms. The van der Waals surface area contributed by atoms with Gasteiger partial charge in [0.05, 0.1) is 11.0 Å². The Labute approximate surface area is 186 Å². The van der Waals surface area contributed by atoms with Crippen molar-refractivity contribution >= 4 is 21.8 Å². The van der Waals surface area contributed by atoms with Crippen LogP contribution < -0.4 is 0 Å². The van der Waals surface area contributed by atoms with Gasteiger partial charge in [-0.25, -0.2) is 4.98 Å². The highest BCUT2D eigenvalue weighted by Crippen LogP contribution is 2.34. The van der Waals surface area contributed by atoms with Crippen LogP contribution in [-0.4, -0.2) is 14.5 Å². The number of para-hydroxylation sites is 3. The van der Waals surface area contributed by atoms with E-state index in [1.54, 1.807) is 0 Å². The van der Waals surface area contributed by atoms with Gasteiger partial charge >= 0.3 is 0 Å². The Morgan fingerprint density at radius 2 is 1.53 bits per heavy atom. The highest BCUT2D eigenvalue weighted by atomic mass is 15.1. The predicted octanol–water partition coefficient (Wildman–Crippen LogP) is 7.22. The molecule has 0 radical (unpaired) electrons. The van der Waals surface area contributed by atoms with Gasteiger partial charge in [-0.2, -0.15) is 0 Å². The first-order valence-electron chi connectivity index (χ1n) is 10.8. The summed E-state index contributed by atoms with van der Waals surface area (Å²) in [7, 11) is 0. The van der Waals surface area contributed by atoms with Crippen molar-refractivity contribution in [3.8, 4) is 28.2 Å². The van der Waals surface area contributed by atoms with E-state index in [1.165, 1.54) is 22.1 Å². The fraction of sp³-hybridized carbons (Fsp3) is 0.0345. The second-order valence-electron chi connectivity index (χ2n) is 8.09. The van der Waals surface area contributed by atoms with E-state index in [-0.39, 0.29) is 0 Å². The number of hydrogen-bond donors (Lipinski definition) is 0. The Morgan fingerprint density at radius 3 is 2.44 bits per heavy atom. The number of aromatic nitrogens is 3. The quantitative estimate of drug-likeness (QED) is 0.308. The smallest absolute Gasteiger partial charge is 0.145 e. The summed E-state index contributed by atoms with van der Waals surface area (Å²) in [4.78, 5) is 9.34. The summed E-state index contributed by atoms with van der Waals surface area (Å²) in [5.74, 6) is 0.948. The molecule has 0 saturated heterocycles. The minimum atomic E-state index is 0.948. The number of fused-ring (bicyclic) bond motifs is 2. The molecule has 0 amide bonds. The maximum absolute atomic E-state index is 5.05. The zero-order valence-electron chi connectivity index (χ0n) is 17.7. The first-order valence-corrected chi connectivity index (χ1v) is 10.8. The Hall–Kier alpha value is -4.24. The van der Waals surface area contributed by atoms with Gasteiger partial charge in [-0.15, -0.1) is 0 Å². The number of rotatable bonds is 3. The zero-order valence-corrected chi connectivity index (χ0v) is 17.7. The van der Waals surface area contributed by atoms with Gasteiger partial charge < -0.3 is 0 Å². The van der Waals surface area contributed by atoms with Crippen molar-refractivity contribution in [2.75, 3.05) is 0 Å². The van der Waals surface area contributed by atoms with E-state index in [2.05, 4.69) is 101 Å². The van der Waals surface area contributed by atoms with Crippen LogP contribution in [0.15, 0.2) is 109 Å². The molecule has 0 spiro atoms. The normalized spacial score (nSPS) is 11.3. The standard InChI is InChI=1S/C29H21N3/c1-20-16-22(25-11-7-8-21-19-30-15-14-26(21)25)18-23(17-20)29-31-27-12-5-6-13-28(27)32(29)24-9-3-2-4-10-24/h2-19H,1H3. The van der Waals surface area contributed by atoms with Crippen LogP contribution in [0.5, 0.6) is 0 Å². The van der Waals surface area contributed by atoms with Crippen molar-refractivity contribution in [3.05, 3.63) is 115 Å². The highest BCUT2D eigenvalue weighted by Gasteiger charge is 2.15. The van der Waals surface area contributed by atoms with Crippen molar-refractivity contribution in [3.63, 3.8) is 0 Å². The number of pyridine rings is 1.